The lowest BCUT2D eigenvalue weighted by Crippen LogP contribution is -2.28. The summed E-state index contributed by atoms with van der Waals surface area (Å²) in [6, 6.07) is 6.50. The number of halogens is 1. The summed E-state index contributed by atoms with van der Waals surface area (Å²) in [5.41, 5.74) is 1.65. The van der Waals surface area contributed by atoms with E-state index in [0.29, 0.717) is 45.1 Å². The van der Waals surface area contributed by atoms with Gasteiger partial charge >= 0.3 is 5.97 Å². The zero-order valence-corrected chi connectivity index (χ0v) is 21.3. The van der Waals surface area contributed by atoms with Gasteiger partial charge < -0.3 is 9.64 Å². The molecule has 0 radical (unpaired) electrons. The van der Waals surface area contributed by atoms with Crippen LogP contribution in [-0.4, -0.2) is 71.8 Å². The molecule has 0 bridgehead atoms. The number of rotatable bonds is 10. The molecule has 0 spiro atoms. The molecule has 0 aliphatic heterocycles. The molecule has 0 N–H and O–H groups in total. The van der Waals surface area contributed by atoms with Gasteiger partial charge in [0.05, 0.1) is 15.6 Å². The molecule has 0 amide bonds. The SMILES string of the molecule is CCN(CC)CCOC(=O)Cn1nc(C)c(Cl)c1-c1nnc(-c2cccc(S(C)(=O)=O)c2)s1. The van der Waals surface area contributed by atoms with E-state index in [0.717, 1.165) is 19.3 Å². The molecule has 2 aromatic heterocycles. The van der Waals surface area contributed by atoms with Crippen molar-refractivity contribution in [2.75, 3.05) is 32.5 Å². The Labute approximate surface area is 202 Å². The number of carbonyl (C=O) groups is 1. The predicted octanol–water partition coefficient (Wildman–Crippen LogP) is 3.32. The van der Waals surface area contributed by atoms with Gasteiger partial charge in [-0.15, -0.1) is 10.2 Å². The molecule has 3 aromatic rings. The van der Waals surface area contributed by atoms with Crippen LogP contribution in [0.25, 0.3) is 21.3 Å². The molecule has 0 saturated heterocycles. The highest BCUT2D eigenvalue weighted by Gasteiger charge is 2.22. The molecular weight excluding hydrogens is 486 g/mol. The largest absolute Gasteiger partial charge is 0.463 e. The molecule has 33 heavy (non-hydrogen) atoms. The third-order valence-corrected chi connectivity index (χ3v) is 7.58. The van der Waals surface area contributed by atoms with E-state index < -0.39 is 15.8 Å². The van der Waals surface area contributed by atoms with Crippen LogP contribution >= 0.6 is 22.9 Å². The summed E-state index contributed by atoms with van der Waals surface area (Å²) in [5.74, 6) is -0.423. The molecule has 12 heteroatoms. The Kier molecular flexibility index (Phi) is 8.22. The summed E-state index contributed by atoms with van der Waals surface area (Å²) in [5, 5.41) is 14.1. The van der Waals surface area contributed by atoms with Gasteiger partial charge in [-0.2, -0.15) is 5.10 Å². The van der Waals surface area contributed by atoms with Crippen LogP contribution in [0.2, 0.25) is 5.02 Å². The van der Waals surface area contributed by atoms with Gasteiger partial charge in [-0.05, 0) is 32.1 Å². The Morgan fingerprint density at radius 3 is 2.58 bits per heavy atom. The summed E-state index contributed by atoms with van der Waals surface area (Å²) in [6.07, 6.45) is 1.15. The first-order valence-electron chi connectivity index (χ1n) is 10.4. The van der Waals surface area contributed by atoms with Gasteiger partial charge in [0, 0.05) is 18.4 Å². The maximum Gasteiger partial charge on any atom is 0.327 e. The molecule has 3 rings (SSSR count). The fourth-order valence-electron chi connectivity index (χ4n) is 3.17. The molecule has 0 saturated carbocycles. The Hall–Kier alpha value is -2.34. The third kappa shape index (κ3) is 6.17. The van der Waals surface area contributed by atoms with Crippen molar-refractivity contribution < 1.29 is 17.9 Å². The second-order valence-electron chi connectivity index (χ2n) is 7.37. The number of esters is 1. The van der Waals surface area contributed by atoms with Crippen molar-refractivity contribution in [1.29, 1.82) is 0 Å². The van der Waals surface area contributed by atoms with Gasteiger partial charge in [-0.3, -0.25) is 4.79 Å². The number of hydrogen-bond donors (Lipinski definition) is 0. The van der Waals surface area contributed by atoms with E-state index in [2.05, 4.69) is 34.0 Å². The van der Waals surface area contributed by atoms with Crippen LogP contribution in [0.3, 0.4) is 0 Å². The first-order valence-corrected chi connectivity index (χ1v) is 13.5. The van der Waals surface area contributed by atoms with Crippen molar-refractivity contribution >= 4 is 38.7 Å². The number of likely N-dealkylation sites (N-methyl/N-ethyl adjacent to an activating group) is 1. The molecule has 0 aliphatic carbocycles. The van der Waals surface area contributed by atoms with Crippen molar-refractivity contribution in [3.05, 3.63) is 35.0 Å². The van der Waals surface area contributed by atoms with Crippen LogP contribution in [0.4, 0.5) is 0 Å². The lowest BCUT2D eigenvalue weighted by Gasteiger charge is -2.17. The highest BCUT2D eigenvalue weighted by Crippen LogP contribution is 2.35. The number of aryl methyl sites for hydroxylation is 1. The summed E-state index contributed by atoms with van der Waals surface area (Å²) in [4.78, 5) is 14.8. The van der Waals surface area contributed by atoms with Crippen molar-refractivity contribution in [3.8, 4) is 21.3 Å². The monoisotopic (exact) mass is 511 g/mol. The van der Waals surface area contributed by atoms with Crippen LogP contribution in [0, 0.1) is 6.92 Å². The Morgan fingerprint density at radius 2 is 1.91 bits per heavy atom. The minimum Gasteiger partial charge on any atom is -0.463 e. The first-order chi connectivity index (χ1) is 15.6. The summed E-state index contributed by atoms with van der Waals surface area (Å²) < 4.78 is 30.6. The van der Waals surface area contributed by atoms with Crippen molar-refractivity contribution in [2.45, 2.75) is 32.2 Å². The van der Waals surface area contributed by atoms with E-state index in [-0.39, 0.29) is 11.4 Å². The molecular formula is C21H26ClN5O4S2. The van der Waals surface area contributed by atoms with Crippen molar-refractivity contribution in [2.24, 2.45) is 0 Å². The number of carbonyl (C=O) groups excluding carboxylic acids is 1. The zero-order valence-electron chi connectivity index (χ0n) is 18.9. The van der Waals surface area contributed by atoms with Gasteiger partial charge in [-0.25, -0.2) is 13.1 Å². The highest BCUT2D eigenvalue weighted by atomic mass is 35.5. The molecule has 178 valence electrons. The van der Waals surface area contributed by atoms with Crippen LogP contribution < -0.4 is 0 Å². The molecule has 2 heterocycles. The zero-order chi connectivity index (χ0) is 24.2. The highest BCUT2D eigenvalue weighted by molar-refractivity contribution is 7.90. The second-order valence-corrected chi connectivity index (χ2v) is 10.7. The minimum absolute atomic E-state index is 0.111. The van der Waals surface area contributed by atoms with E-state index in [1.165, 1.54) is 22.1 Å². The Bertz CT molecular complexity index is 1240. The lowest BCUT2D eigenvalue weighted by molar-refractivity contribution is -0.144. The topological polar surface area (TPSA) is 107 Å². The number of hydrogen-bond acceptors (Lipinski definition) is 9. The van der Waals surface area contributed by atoms with E-state index in [1.807, 2.05) is 0 Å². The summed E-state index contributed by atoms with van der Waals surface area (Å²) in [7, 11) is -3.35. The van der Waals surface area contributed by atoms with E-state index in [4.69, 9.17) is 16.3 Å². The Morgan fingerprint density at radius 1 is 1.21 bits per heavy atom. The molecule has 1 aromatic carbocycles. The quantitative estimate of drug-likeness (QED) is 0.381. The fraction of sp³-hybridized carbons (Fsp3) is 0.429. The normalized spacial score (nSPS) is 11.8. The van der Waals surface area contributed by atoms with E-state index >= 15 is 0 Å². The number of sulfone groups is 1. The minimum atomic E-state index is -3.35. The molecule has 0 aliphatic rings. The average Bonchev–Trinajstić information content (AvgIpc) is 3.35. The van der Waals surface area contributed by atoms with Gasteiger partial charge in [-0.1, -0.05) is 48.9 Å². The third-order valence-electron chi connectivity index (χ3n) is 5.03. The summed E-state index contributed by atoms with van der Waals surface area (Å²) in [6.45, 7) is 8.47. The maximum absolute atomic E-state index is 12.4. The lowest BCUT2D eigenvalue weighted by atomic mass is 10.2. The Balaban J connectivity index is 1.81. The van der Waals surface area contributed by atoms with Crippen molar-refractivity contribution in [1.82, 2.24) is 24.9 Å². The van der Waals surface area contributed by atoms with Crippen molar-refractivity contribution in [3.63, 3.8) is 0 Å². The first kappa shape index (κ1) is 25.3. The van der Waals surface area contributed by atoms with Gasteiger partial charge in [0.2, 0.25) is 0 Å². The van der Waals surface area contributed by atoms with Crippen LogP contribution in [0.15, 0.2) is 29.2 Å². The molecule has 0 fully saturated rings. The van der Waals surface area contributed by atoms with Crippen LogP contribution in [0.1, 0.15) is 19.5 Å². The van der Waals surface area contributed by atoms with E-state index in [9.17, 15) is 13.2 Å². The average molecular weight is 512 g/mol. The van der Waals surface area contributed by atoms with Gasteiger partial charge in [0.25, 0.3) is 0 Å². The fourth-order valence-corrected chi connectivity index (χ4v) is 5.01. The van der Waals surface area contributed by atoms with E-state index in [1.54, 1.807) is 25.1 Å². The standard InChI is InChI=1S/C21H26ClN5O4S2/c1-5-26(6-2)10-11-31-17(28)13-27-19(18(22)14(3)25-27)21-24-23-20(32-21)15-8-7-9-16(12-15)33(4,29)30/h7-9,12H,5-6,10-11,13H2,1-4H3. The number of ether oxygens (including phenoxy) is 1. The molecule has 9 nitrogen and oxygen atoms in total. The van der Waals surface area contributed by atoms with Crippen LogP contribution in [-0.2, 0) is 25.9 Å². The molecule has 0 unspecified atom stereocenters. The maximum atomic E-state index is 12.4. The molecule has 0 atom stereocenters. The summed E-state index contributed by atoms with van der Waals surface area (Å²) >= 11 is 7.71. The van der Waals surface area contributed by atoms with Gasteiger partial charge in [0.15, 0.2) is 14.8 Å². The van der Waals surface area contributed by atoms with Gasteiger partial charge in [0.1, 0.15) is 23.9 Å². The number of benzene rings is 1. The van der Waals surface area contributed by atoms with Crippen LogP contribution in [0.5, 0.6) is 0 Å². The number of aromatic nitrogens is 4. The smallest absolute Gasteiger partial charge is 0.327 e. The number of nitrogens with zero attached hydrogens (tertiary/aromatic N) is 5. The predicted molar refractivity (Wildman–Crippen MR) is 128 cm³/mol. The second kappa shape index (κ2) is 10.7.